The van der Waals surface area contributed by atoms with Crippen LogP contribution in [-0.4, -0.2) is 19.9 Å². The molecule has 6 nitrogen and oxygen atoms in total. The van der Waals surface area contributed by atoms with E-state index in [2.05, 4.69) is 15.0 Å². The predicted molar refractivity (Wildman–Crippen MR) is 61.5 cm³/mol. The van der Waals surface area contributed by atoms with Gasteiger partial charge in [0.05, 0.1) is 15.7 Å². The van der Waals surface area contributed by atoms with E-state index in [-0.39, 0.29) is 5.69 Å². The van der Waals surface area contributed by atoms with E-state index in [9.17, 15) is 10.1 Å². The third-order valence-electron chi connectivity index (χ3n) is 2.48. The third kappa shape index (κ3) is 1.38. The number of rotatable bonds is 1. The SMILES string of the molecule is O=[N+]([O-])c1c2cccnc2nc2ncccc12. The lowest BCUT2D eigenvalue weighted by atomic mass is 10.2. The average molecular weight is 226 g/mol. The van der Waals surface area contributed by atoms with Crippen LogP contribution in [0.2, 0.25) is 0 Å². The summed E-state index contributed by atoms with van der Waals surface area (Å²) in [6.07, 6.45) is 3.10. The number of aromatic nitrogens is 3. The molecule has 0 N–H and O–H groups in total. The zero-order valence-electron chi connectivity index (χ0n) is 8.57. The Balaban J connectivity index is 2.61. The fourth-order valence-corrected chi connectivity index (χ4v) is 1.78. The molecule has 3 rings (SSSR count). The smallest absolute Gasteiger partial charge is 0.258 e. The Labute approximate surface area is 95.1 Å². The number of fused-ring (bicyclic) bond motifs is 2. The Bertz CT molecular complexity index is 688. The molecule has 17 heavy (non-hydrogen) atoms. The fourth-order valence-electron chi connectivity index (χ4n) is 1.78. The van der Waals surface area contributed by atoms with Crippen LogP contribution in [0, 0.1) is 10.1 Å². The molecule has 0 saturated carbocycles. The van der Waals surface area contributed by atoms with E-state index in [1.54, 1.807) is 36.7 Å². The van der Waals surface area contributed by atoms with Gasteiger partial charge in [-0.25, -0.2) is 15.0 Å². The lowest BCUT2D eigenvalue weighted by Crippen LogP contribution is -1.96. The van der Waals surface area contributed by atoms with E-state index >= 15 is 0 Å². The van der Waals surface area contributed by atoms with Crippen molar-refractivity contribution < 1.29 is 4.92 Å². The van der Waals surface area contributed by atoms with Gasteiger partial charge in [-0.05, 0) is 24.3 Å². The predicted octanol–water partition coefficient (Wildman–Crippen LogP) is 2.09. The van der Waals surface area contributed by atoms with Crippen molar-refractivity contribution in [1.29, 1.82) is 0 Å². The van der Waals surface area contributed by atoms with Crippen molar-refractivity contribution in [3.63, 3.8) is 0 Å². The minimum Gasteiger partial charge on any atom is -0.258 e. The fraction of sp³-hybridized carbons (Fsp3) is 0. The maximum absolute atomic E-state index is 11.2. The normalized spacial score (nSPS) is 10.8. The lowest BCUT2D eigenvalue weighted by Gasteiger charge is -2.01. The van der Waals surface area contributed by atoms with Crippen LogP contribution in [-0.2, 0) is 0 Å². The molecule has 3 aromatic heterocycles. The van der Waals surface area contributed by atoms with Crippen molar-refractivity contribution in [2.75, 3.05) is 0 Å². The summed E-state index contributed by atoms with van der Waals surface area (Å²) in [7, 11) is 0. The van der Waals surface area contributed by atoms with Gasteiger partial charge < -0.3 is 0 Å². The highest BCUT2D eigenvalue weighted by Crippen LogP contribution is 2.30. The van der Waals surface area contributed by atoms with Crippen LogP contribution in [0.1, 0.15) is 0 Å². The highest BCUT2D eigenvalue weighted by molar-refractivity contribution is 6.01. The van der Waals surface area contributed by atoms with Crippen LogP contribution >= 0.6 is 0 Å². The van der Waals surface area contributed by atoms with E-state index < -0.39 is 4.92 Å². The highest BCUT2D eigenvalue weighted by Gasteiger charge is 2.19. The molecule has 0 radical (unpaired) electrons. The Morgan fingerprint density at radius 1 is 1.00 bits per heavy atom. The maximum Gasteiger partial charge on any atom is 0.291 e. The van der Waals surface area contributed by atoms with Crippen molar-refractivity contribution >= 4 is 27.8 Å². The van der Waals surface area contributed by atoms with Crippen LogP contribution in [0.15, 0.2) is 36.7 Å². The van der Waals surface area contributed by atoms with Gasteiger partial charge in [-0.3, -0.25) is 10.1 Å². The van der Waals surface area contributed by atoms with Gasteiger partial charge in [0.2, 0.25) is 0 Å². The van der Waals surface area contributed by atoms with Gasteiger partial charge in [-0.2, -0.15) is 0 Å². The monoisotopic (exact) mass is 226 g/mol. The third-order valence-corrected chi connectivity index (χ3v) is 2.48. The first-order valence-corrected chi connectivity index (χ1v) is 4.91. The molecule has 3 aromatic rings. The molecule has 0 spiro atoms. The summed E-state index contributed by atoms with van der Waals surface area (Å²) >= 11 is 0. The standard InChI is InChI=1S/C11H6N4O2/c16-15(17)9-7-3-1-5-12-10(7)14-11-8(9)4-2-6-13-11/h1-6H. The summed E-state index contributed by atoms with van der Waals surface area (Å²) in [6.45, 7) is 0. The lowest BCUT2D eigenvalue weighted by molar-refractivity contribution is -0.381. The maximum atomic E-state index is 11.2. The number of nitro groups is 1. The van der Waals surface area contributed by atoms with Crippen molar-refractivity contribution in [1.82, 2.24) is 15.0 Å². The molecule has 6 heteroatoms. The van der Waals surface area contributed by atoms with Crippen LogP contribution in [0.3, 0.4) is 0 Å². The number of hydrogen-bond donors (Lipinski definition) is 0. The van der Waals surface area contributed by atoms with E-state index in [4.69, 9.17) is 0 Å². The Hall–Kier alpha value is -2.63. The molecule has 0 saturated heterocycles. The Kier molecular flexibility index (Phi) is 1.94. The van der Waals surface area contributed by atoms with E-state index in [1.165, 1.54) is 0 Å². The molecule has 0 aliphatic heterocycles. The Morgan fingerprint density at radius 2 is 1.53 bits per heavy atom. The summed E-state index contributed by atoms with van der Waals surface area (Å²) in [5.74, 6) is 0. The molecule has 0 atom stereocenters. The summed E-state index contributed by atoms with van der Waals surface area (Å²) in [6, 6.07) is 6.58. The number of nitrogens with zero attached hydrogens (tertiary/aromatic N) is 4. The van der Waals surface area contributed by atoms with E-state index in [0.717, 1.165) is 0 Å². The molecule has 0 aliphatic rings. The second-order valence-electron chi connectivity index (χ2n) is 3.47. The van der Waals surface area contributed by atoms with Gasteiger partial charge in [-0.1, -0.05) is 0 Å². The molecule has 0 unspecified atom stereocenters. The van der Waals surface area contributed by atoms with Gasteiger partial charge in [0, 0.05) is 12.4 Å². The minimum absolute atomic E-state index is 0.00574. The quantitative estimate of drug-likeness (QED) is 0.360. The minimum atomic E-state index is -0.421. The zero-order valence-corrected chi connectivity index (χ0v) is 8.57. The summed E-state index contributed by atoms with van der Waals surface area (Å²) in [5, 5.41) is 12.0. The molecular weight excluding hydrogens is 220 g/mol. The van der Waals surface area contributed by atoms with Crippen LogP contribution < -0.4 is 0 Å². The number of hydrogen-bond acceptors (Lipinski definition) is 5. The van der Waals surface area contributed by atoms with Gasteiger partial charge >= 0.3 is 0 Å². The largest absolute Gasteiger partial charge is 0.291 e. The molecule has 3 heterocycles. The first-order valence-electron chi connectivity index (χ1n) is 4.91. The van der Waals surface area contributed by atoms with Crippen molar-refractivity contribution in [3.05, 3.63) is 46.8 Å². The second-order valence-corrected chi connectivity index (χ2v) is 3.47. The van der Waals surface area contributed by atoms with Crippen molar-refractivity contribution in [2.45, 2.75) is 0 Å². The van der Waals surface area contributed by atoms with Gasteiger partial charge in [-0.15, -0.1) is 0 Å². The summed E-state index contributed by atoms with van der Waals surface area (Å²) < 4.78 is 0. The molecule has 0 bridgehead atoms. The molecular formula is C11H6N4O2. The molecule has 0 aliphatic carbocycles. The van der Waals surface area contributed by atoms with Crippen molar-refractivity contribution in [3.8, 4) is 0 Å². The van der Waals surface area contributed by atoms with Crippen molar-refractivity contribution in [2.24, 2.45) is 0 Å². The first-order chi connectivity index (χ1) is 8.27. The van der Waals surface area contributed by atoms with Crippen LogP contribution in [0.5, 0.6) is 0 Å². The average Bonchev–Trinajstić information content (AvgIpc) is 2.35. The zero-order chi connectivity index (χ0) is 11.8. The van der Waals surface area contributed by atoms with Crippen LogP contribution in [0.4, 0.5) is 5.69 Å². The summed E-state index contributed by atoms with van der Waals surface area (Å²) in [5.41, 5.74) is 0.682. The van der Waals surface area contributed by atoms with Gasteiger partial charge in [0.25, 0.3) is 5.69 Å². The van der Waals surface area contributed by atoms with Gasteiger partial charge in [0.15, 0.2) is 11.3 Å². The topological polar surface area (TPSA) is 81.8 Å². The first kappa shape index (κ1) is 9.59. The number of pyridine rings is 3. The van der Waals surface area contributed by atoms with E-state index in [1.807, 2.05) is 0 Å². The van der Waals surface area contributed by atoms with Gasteiger partial charge in [0.1, 0.15) is 0 Å². The Morgan fingerprint density at radius 3 is 2.00 bits per heavy atom. The molecule has 82 valence electrons. The highest BCUT2D eigenvalue weighted by atomic mass is 16.6. The molecule has 0 fully saturated rings. The molecule has 0 aromatic carbocycles. The van der Waals surface area contributed by atoms with Crippen LogP contribution in [0.25, 0.3) is 22.1 Å². The van der Waals surface area contributed by atoms with E-state index in [0.29, 0.717) is 22.1 Å². The molecule has 0 amide bonds. The summed E-state index contributed by atoms with van der Waals surface area (Å²) in [4.78, 5) is 23.0. The second kappa shape index (κ2) is 3.44.